The highest BCUT2D eigenvalue weighted by atomic mass is 16.4. The van der Waals surface area contributed by atoms with Crippen LogP contribution in [0, 0.1) is 25.7 Å². The lowest BCUT2D eigenvalue weighted by Crippen LogP contribution is -2.03. The van der Waals surface area contributed by atoms with Crippen molar-refractivity contribution in [2.75, 3.05) is 0 Å². The Morgan fingerprint density at radius 2 is 1.94 bits per heavy atom. The molecule has 1 aromatic rings. The van der Waals surface area contributed by atoms with Crippen LogP contribution in [-0.2, 0) is 4.79 Å². The number of aromatic carboxylic acids is 1. The van der Waals surface area contributed by atoms with E-state index < -0.39 is 5.97 Å². The third-order valence-electron chi connectivity index (χ3n) is 2.16. The van der Waals surface area contributed by atoms with Crippen molar-refractivity contribution in [2.24, 2.45) is 0 Å². The lowest BCUT2D eigenvalue weighted by Gasteiger charge is -2.05. The van der Waals surface area contributed by atoms with Gasteiger partial charge in [-0.25, -0.2) is 4.79 Å². The predicted octanol–water partition coefficient (Wildman–Crippen LogP) is 1.94. The Kier molecular flexibility index (Phi) is 3.84. The average Bonchev–Trinajstić information content (AvgIpc) is 2.16. The van der Waals surface area contributed by atoms with Crippen molar-refractivity contribution >= 4 is 12.3 Å². The predicted molar refractivity (Wildman–Crippen MR) is 60.4 cm³/mol. The van der Waals surface area contributed by atoms with Gasteiger partial charge in [0.2, 0.25) is 0 Å². The number of carboxylic acids is 1. The fourth-order valence-electron chi connectivity index (χ4n) is 1.57. The zero-order valence-electron chi connectivity index (χ0n) is 9.20. The van der Waals surface area contributed by atoms with E-state index in [1.807, 2.05) is 0 Å². The molecule has 0 aliphatic rings. The molecular formula is C13H12O3. The second-order valence-electron chi connectivity index (χ2n) is 3.46. The highest BCUT2D eigenvalue weighted by Crippen LogP contribution is 2.16. The van der Waals surface area contributed by atoms with Gasteiger partial charge >= 0.3 is 5.97 Å². The maximum Gasteiger partial charge on any atom is 0.336 e. The van der Waals surface area contributed by atoms with Gasteiger partial charge in [-0.05, 0) is 37.1 Å². The molecule has 0 aliphatic carbocycles. The van der Waals surface area contributed by atoms with E-state index in [0.29, 0.717) is 16.7 Å². The fourth-order valence-corrected chi connectivity index (χ4v) is 1.57. The molecule has 0 unspecified atom stereocenters. The molecule has 0 saturated carbocycles. The Bertz CT molecular complexity index is 467. The first-order valence-electron chi connectivity index (χ1n) is 4.83. The average molecular weight is 216 g/mol. The summed E-state index contributed by atoms with van der Waals surface area (Å²) in [5, 5.41) is 8.97. The Morgan fingerprint density at radius 1 is 1.38 bits per heavy atom. The second kappa shape index (κ2) is 5.13. The molecule has 1 aromatic carbocycles. The quantitative estimate of drug-likeness (QED) is 0.607. The summed E-state index contributed by atoms with van der Waals surface area (Å²) in [6.45, 7) is 3.47. The monoisotopic (exact) mass is 216 g/mol. The summed E-state index contributed by atoms with van der Waals surface area (Å²) in [7, 11) is 0. The molecule has 0 aromatic heterocycles. The molecule has 0 atom stereocenters. The number of carbonyl (C=O) groups excluding carboxylic acids is 1. The van der Waals surface area contributed by atoms with Gasteiger partial charge in [-0.15, -0.1) is 0 Å². The first-order valence-corrected chi connectivity index (χ1v) is 4.83. The highest BCUT2D eigenvalue weighted by Gasteiger charge is 2.10. The van der Waals surface area contributed by atoms with Crippen molar-refractivity contribution in [3.05, 3.63) is 34.4 Å². The SMILES string of the molecule is Cc1cc(C#CCC=O)cc(C)c1C(=O)O. The van der Waals surface area contributed by atoms with Crippen LogP contribution in [0.4, 0.5) is 0 Å². The molecule has 3 nitrogen and oxygen atoms in total. The van der Waals surface area contributed by atoms with E-state index in [0.717, 1.165) is 11.8 Å². The van der Waals surface area contributed by atoms with Crippen LogP contribution in [0.15, 0.2) is 12.1 Å². The number of rotatable bonds is 2. The fraction of sp³-hybridized carbons (Fsp3) is 0.231. The van der Waals surface area contributed by atoms with Gasteiger partial charge in [-0.2, -0.15) is 0 Å². The zero-order chi connectivity index (χ0) is 12.1. The summed E-state index contributed by atoms with van der Waals surface area (Å²) in [5.74, 6) is 4.58. The third-order valence-corrected chi connectivity index (χ3v) is 2.16. The van der Waals surface area contributed by atoms with Crippen LogP contribution < -0.4 is 0 Å². The molecule has 16 heavy (non-hydrogen) atoms. The topological polar surface area (TPSA) is 54.4 Å². The van der Waals surface area contributed by atoms with Gasteiger partial charge in [0.1, 0.15) is 6.29 Å². The van der Waals surface area contributed by atoms with Gasteiger partial charge in [-0.3, -0.25) is 0 Å². The molecule has 0 spiro atoms. The first-order chi connectivity index (χ1) is 7.56. The molecule has 0 amide bonds. The van der Waals surface area contributed by atoms with Crippen LogP contribution in [0.25, 0.3) is 0 Å². The Hall–Kier alpha value is -2.08. The van der Waals surface area contributed by atoms with Crippen molar-refractivity contribution in [3.63, 3.8) is 0 Å². The smallest absolute Gasteiger partial charge is 0.336 e. The van der Waals surface area contributed by atoms with Crippen LogP contribution in [-0.4, -0.2) is 17.4 Å². The molecule has 0 saturated heterocycles. The molecular weight excluding hydrogens is 204 g/mol. The third kappa shape index (κ3) is 2.71. The van der Waals surface area contributed by atoms with Crippen molar-refractivity contribution in [1.29, 1.82) is 0 Å². The van der Waals surface area contributed by atoms with E-state index >= 15 is 0 Å². The van der Waals surface area contributed by atoms with Crippen LogP contribution in [0.3, 0.4) is 0 Å². The van der Waals surface area contributed by atoms with Crippen LogP contribution in [0.1, 0.15) is 33.5 Å². The van der Waals surface area contributed by atoms with E-state index in [4.69, 9.17) is 5.11 Å². The maximum absolute atomic E-state index is 10.9. The molecule has 0 radical (unpaired) electrons. The molecule has 1 N–H and O–H groups in total. The van der Waals surface area contributed by atoms with Gasteiger partial charge in [0, 0.05) is 5.56 Å². The number of carbonyl (C=O) groups is 2. The normalized spacial score (nSPS) is 9.12. The zero-order valence-corrected chi connectivity index (χ0v) is 9.20. The highest BCUT2D eigenvalue weighted by molar-refractivity contribution is 5.91. The van der Waals surface area contributed by atoms with Crippen molar-refractivity contribution in [2.45, 2.75) is 20.3 Å². The van der Waals surface area contributed by atoms with Gasteiger partial charge in [-0.1, -0.05) is 11.8 Å². The molecule has 0 bridgehead atoms. The van der Waals surface area contributed by atoms with E-state index in [9.17, 15) is 9.59 Å². The molecule has 0 fully saturated rings. The molecule has 0 aliphatic heterocycles. The number of carboxylic acid groups (broad SMARTS) is 1. The summed E-state index contributed by atoms with van der Waals surface area (Å²) in [6.07, 6.45) is 0.928. The summed E-state index contributed by atoms with van der Waals surface area (Å²) in [6, 6.07) is 3.43. The molecule has 3 heteroatoms. The Balaban J connectivity index is 3.16. The summed E-state index contributed by atoms with van der Waals surface area (Å²) in [5.41, 5.74) is 2.42. The lowest BCUT2D eigenvalue weighted by atomic mass is 9.99. The number of aldehydes is 1. The number of hydrogen-bond donors (Lipinski definition) is 1. The van der Waals surface area contributed by atoms with Crippen LogP contribution in [0.2, 0.25) is 0 Å². The minimum atomic E-state index is -0.928. The Morgan fingerprint density at radius 3 is 2.38 bits per heavy atom. The van der Waals surface area contributed by atoms with Crippen molar-refractivity contribution in [3.8, 4) is 11.8 Å². The van der Waals surface area contributed by atoms with Gasteiger partial charge in [0.05, 0.1) is 12.0 Å². The Labute approximate surface area is 94.1 Å². The van der Waals surface area contributed by atoms with Crippen LogP contribution >= 0.6 is 0 Å². The lowest BCUT2D eigenvalue weighted by molar-refractivity contribution is -0.107. The van der Waals surface area contributed by atoms with Crippen molar-refractivity contribution < 1.29 is 14.7 Å². The maximum atomic E-state index is 10.9. The molecule has 82 valence electrons. The first kappa shape index (κ1) is 12.0. The summed E-state index contributed by atoms with van der Waals surface area (Å²) in [4.78, 5) is 21.0. The number of benzene rings is 1. The molecule has 0 heterocycles. The minimum Gasteiger partial charge on any atom is -0.478 e. The van der Waals surface area contributed by atoms with Gasteiger partial charge in [0.25, 0.3) is 0 Å². The van der Waals surface area contributed by atoms with E-state index in [2.05, 4.69) is 11.8 Å². The van der Waals surface area contributed by atoms with E-state index in [1.165, 1.54) is 0 Å². The van der Waals surface area contributed by atoms with Gasteiger partial charge in [0.15, 0.2) is 0 Å². The van der Waals surface area contributed by atoms with E-state index in [1.54, 1.807) is 26.0 Å². The summed E-state index contributed by atoms with van der Waals surface area (Å²) < 4.78 is 0. The van der Waals surface area contributed by atoms with Crippen molar-refractivity contribution in [1.82, 2.24) is 0 Å². The van der Waals surface area contributed by atoms with Gasteiger partial charge < -0.3 is 9.90 Å². The summed E-state index contributed by atoms with van der Waals surface area (Å²) >= 11 is 0. The number of hydrogen-bond acceptors (Lipinski definition) is 2. The number of aryl methyl sites for hydroxylation is 2. The van der Waals surface area contributed by atoms with Crippen LogP contribution in [0.5, 0.6) is 0 Å². The van der Waals surface area contributed by atoms with E-state index in [-0.39, 0.29) is 6.42 Å². The minimum absolute atomic E-state index is 0.193. The molecule has 1 rings (SSSR count). The largest absolute Gasteiger partial charge is 0.478 e. The standard InChI is InChI=1S/C13H12O3/c1-9-7-11(5-3-4-6-14)8-10(2)12(9)13(15)16/h6-8H,4H2,1-2H3,(H,15,16). The second-order valence-corrected chi connectivity index (χ2v) is 3.46.